The van der Waals surface area contributed by atoms with Crippen LogP contribution in [-0.4, -0.2) is 44.3 Å². The van der Waals surface area contributed by atoms with Crippen LogP contribution in [0.4, 0.5) is 0 Å². The molecule has 5 heteroatoms. The van der Waals surface area contributed by atoms with E-state index in [2.05, 4.69) is 0 Å². The highest BCUT2D eigenvalue weighted by Crippen LogP contribution is 2.36. The molecule has 0 aromatic heterocycles. The number of carbonyl (C=O) groups excluding carboxylic acids is 1. The van der Waals surface area contributed by atoms with Crippen LogP contribution in [0.2, 0.25) is 0 Å². The number of ether oxygens (including phenoxy) is 4. The van der Waals surface area contributed by atoms with Gasteiger partial charge in [0.15, 0.2) is 5.79 Å². The maximum Gasteiger partial charge on any atom is 0.305 e. The summed E-state index contributed by atoms with van der Waals surface area (Å²) < 4.78 is 22.2. The minimum Gasteiger partial charge on any atom is -0.466 e. The van der Waals surface area contributed by atoms with Crippen LogP contribution < -0.4 is 0 Å². The Morgan fingerprint density at radius 2 is 1.86 bits per heavy atom. The fourth-order valence-corrected chi connectivity index (χ4v) is 3.01. The van der Waals surface area contributed by atoms with E-state index in [9.17, 15) is 4.79 Å². The highest BCUT2D eigenvalue weighted by molar-refractivity contribution is 5.69. The van der Waals surface area contributed by atoms with Crippen LogP contribution in [0.5, 0.6) is 0 Å². The molecule has 0 radical (unpaired) electrons. The quantitative estimate of drug-likeness (QED) is 0.509. The van der Waals surface area contributed by atoms with Gasteiger partial charge < -0.3 is 18.9 Å². The zero-order valence-corrected chi connectivity index (χ0v) is 13.1. The van der Waals surface area contributed by atoms with E-state index in [4.69, 9.17) is 18.9 Å². The fourth-order valence-electron chi connectivity index (χ4n) is 3.01. The summed E-state index contributed by atoms with van der Waals surface area (Å²) in [5.74, 6) is -0.382. The van der Waals surface area contributed by atoms with Gasteiger partial charge in [-0.1, -0.05) is 6.42 Å². The largest absolute Gasteiger partial charge is 0.466 e. The summed E-state index contributed by atoms with van der Waals surface area (Å²) in [5, 5.41) is 0. The van der Waals surface area contributed by atoms with E-state index in [0.717, 1.165) is 64.8 Å². The Bertz CT molecular complexity index is 302. The van der Waals surface area contributed by atoms with Crippen molar-refractivity contribution in [2.75, 3.05) is 26.4 Å². The lowest BCUT2D eigenvalue weighted by molar-refractivity contribution is -0.191. The molecule has 1 aliphatic heterocycles. The Kier molecular flexibility index (Phi) is 6.93. The van der Waals surface area contributed by atoms with Gasteiger partial charge in [-0.05, 0) is 32.6 Å². The lowest BCUT2D eigenvalue weighted by Crippen LogP contribution is -2.37. The normalized spacial score (nSPS) is 21.8. The average molecular weight is 300 g/mol. The number of unbranched alkanes of at least 4 members (excludes halogenated alkanes) is 2. The van der Waals surface area contributed by atoms with Gasteiger partial charge in [0.2, 0.25) is 0 Å². The molecule has 1 heterocycles. The number of hydrogen-bond donors (Lipinski definition) is 0. The third-order valence-corrected chi connectivity index (χ3v) is 4.19. The van der Waals surface area contributed by atoms with Crippen LogP contribution >= 0.6 is 0 Å². The monoisotopic (exact) mass is 300 g/mol. The fraction of sp³-hybridized carbons (Fsp3) is 0.938. The molecule has 1 saturated heterocycles. The van der Waals surface area contributed by atoms with Crippen LogP contribution in [0, 0.1) is 0 Å². The van der Waals surface area contributed by atoms with Gasteiger partial charge in [-0.2, -0.15) is 0 Å². The lowest BCUT2D eigenvalue weighted by atomic mass is 9.92. The van der Waals surface area contributed by atoms with Crippen LogP contribution in [0.3, 0.4) is 0 Å². The second-order valence-corrected chi connectivity index (χ2v) is 5.79. The van der Waals surface area contributed by atoms with Crippen molar-refractivity contribution in [2.45, 2.75) is 70.2 Å². The summed E-state index contributed by atoms with van der Waals surface area (Å²) in [5.41, 5.74) is 0. The zero-order chi connectivity index (χ0) is 15.0. The molecular formula is C16H28O5. The molecule has 0 bridgehead atoms. The minimum atomic E-state index is -0.292. The van der Waals surface area contributed by atoms with Crippen LogP contribution in [0.25, 0.3) is 0 Å². The number of rotatable bonds is 8. The van der Waals surface area contributed by atoms with Crippen molar-refractivity contribution in [2.24, 2.45) is 0 Å². The molecule has 0 N–H and O–H groups in total. The van der Waals surface area contributed by atoms with Crippen LogP contribution in [0.1, 0.15) is 58.3 Å². The number of esters is 1. The SMILES string of the molecule is CCOC(=O)CCCCCOC1CCC2(CC1)OCCO2. The summed E-state index contributed by atoms with van der Waals surface area (Å²) in [6.07, 6.45) is 7.70. The molecule has 0 amide bonds. The van der Waals surface area contributed by atoms with E-state index in [1.54, 1.807) is 0 Å². The van der Waals surface area contributed by atoms with Gasteiger partial charge in [-0.15, -0.1) is 0 Å². The van der Waals surface area contributed by atoms with Crippen molar-refractivity contribution in [3.63, 3.8) is 0 Å². The third kappa shape index (κ3) is 5.57. The zero-order valence-electron chi connectivity index (χ0n) is 13.1. The van der Waals surface area contributed by atoms with Gasteiger partial charge in [-0.25, -0.2) is 0 Å². The average Bonchev–Trinajstić information content (AvgIpc) is 2.93. The molecule has 0 atom stereocenters. The Balaban J connectivity index is 1.46. The predicted octanol–water partition coefficient (Wildman–Crippen LogP) is 2.81. The smallest absolute Gasteiger partial charge is 0.305 e. The molecule has 1 spiro atoms. The molecule has 0 aromatic rings. The van der Waals surface area contributed by atoms with E-state index >= 15 is 0 Å². The summed E-state index contributed by atoms with van der Waals surface area (Å²) in [6, 6.07) is 0. The maximum absolute atomic E-state index is 11.2. The van der Waals surface area contributed by atoms with E-state index < -0.39 is 0 Å². The summed E-state index contributed by atoms with van der Waals surface area (Å²) in [6.45, 7) is 4.54. The highest BCUT2D eigenvalue weighted by Gasteiger charge is 2.40. The molecule has 122 valence electrons. The lowest BCUT2D eigenvalue weighted by Gasteiger charge is -2.35. The Labute approximate surface area is 127 Å². The summed E-state index contributed by atoms with van der Waals surface area (Å²) in [7, 11) is 0. The van der Waals surface area contributed by atoms with Crippen molar-refractivity contribution in [3.05, 3.63) is 0 Å². The molecule has 1 saturated carbocycles. The van der Waals surface area contributed by atoms with Crippen molar-refractivity contribution < 1.29 is 23.7 Å². The van der Waals surface area contributed by atoms with Crippen molar-refractivity contribution in [3.8, 4) is 0 Å². The first kappa shape index (κ1) is 16.7. The predicted molar refractivity (Wildman–Crippen MR) is 77.9 cm³/mol. The highest BCUT2D eigenvalue weighted by atomic mass is 16.7. The third-order valence-electron chi connectivity index (χ3n) is 4.19. The summed E-state index contributed by atoms with van der Waals surface area (Å²) in [4.78, 5) is 11.2. The van der Waals surface area contributed by atoms with Crippen LogP contribution in [-0.2, 0) is 23.7 Å². The Morgan fingerprint density at radius 1 is 1.14 bits per heavy atom. The van der Waals surface area contributed by atoms with Gasteiger partial charge in [0.05, 0.1) is 25.9 Å². The van der Waals surface area contributed by atoms with Gasteiger partial charge in [0.1, 0.15) is 0 Å². The van der Waals surface area contributed by atoms with Crippen molar-refractivity contribution in [1.82, 2.24) is 0 Å². The van der Waals surface area contributed by atoms with Crippen molar-refractivity contribution >= 4 is 5.97 Å². The second kappa shape index (κ2) is 8.71. The Hall–Kier alpha value is -0.650. The molecule has 5 nitrogen and oxygen atoms in total. The number of carbonyl (C=O) groups is 1. The molecule has 2 fully saturated rings. The first-order valence-corrected chi connectivity index (χ1v) is 8.29. The van der Waals surface area contributed by atoms with E-state index in [1.807, 2.05) is 6.92 Å². The van der Waals surface area contributed by atoms with Crippen molar-refractivity contribution in [1.29, 1.82) is 0 Å². The van der Waals surface area contributed by atoms with Gasteiger partial charge in [-0.3, -0.25) is 4.79 Å². The van der Waals surface area contributed by atoms with E-state index in [-0.39, 0.29) is 11.8 Å². The van der Waals surface area contributed by atoms with E-state index in [1.165, 1.54) is 0 Å². The first-order chi connectivity index (χ1) is 10.2. The maximum atomic E-state index is 11.2. The van der Waals surface area contributed by atoms with Gasteiger partial charge in [0, 0.05) is 25.9 Å². The standard InChI is InChI=1S/C16H28O5/c1-2-18-15(17)6-4-3-5-11-19-14-7-9-16(10-8-14)20-12-13-21-16/h14H,2-13H2,1H3. The van der Waals surface area contributed by atoms with Gasteiger partial charge >= 0.3 is 5.97 Å². The molecule has 2 rings (SSSR count). The molecule has 2 aliphatic rings. The molecule has 1 aliphatic carbocycles. The number of hydrogen-bond acceptors (Lipinski definition) is 5. The van der Waals surface area contributed by atoms with Crippen LogP contribution in [0.15, 0.2) is 0 Å². The molecule has 0 unspecified atom stereocenters. The first-order valence-electron chi connectivity index (χ1n) is 8.29. The minimum absolute atomic E-state index is 0.0902. The molecule has 0 aromatic carbocycles. The molecule has 21 heavy (non-hydrogen) atoms. The Morgan fingerprint density at radius 3 is 2.52 bits per heavy atom. The van der Waals surface area contributed by atoms with Gasteiger partial charge in [0.25, 0.3) is 0 Å². The molecular weight excluding hydrogens is 272 g/mol. The van der Waals surface area contributed by atoms with E-state index in [0.29, 0.717) is 19.1 Å². The second-order valence-electron chi connectivity index (χ2n) is 5.79. The summed E-state index contributed by atoms with van der Waals surface area (Å²) >= 11 is 0. The topological polar surface area (TPSA) is 54.0 Å².